The SMILES string of the molecule is CCC(CCO)CNC(C)C1CCN(CC)CC1. The van der Waals surface area contributed by atoms with Crippen LogP contribution in [0.25, 0.3) is 0 Å². The van der Waals surface area contributed by atoms with E-state index in [-0.39, 0.29) is 0 Å². The van der Waals surface area contributed by atoms with Gasteiger partial charge in [-0.2, -0.15) is 0 Å². The molecule has 0 aromatic heterocycles. The number of rotatable bonds is 8. The fourth-order valence-electron chi connectivity index (χ4n) is 2.92. The van der Waals surface area contributed by atoms with Crippen LogP contribution < -0.4 is 5.32 Å². The number of likely N-dealkylation sites (tertiary alicyclic amines) is 1. The van der Waals surface area contributed by atoms with Gasteiger partial charge in [0.25, 0.3) is 0 Å². The van der Waals surface area contributed by atoms with E-state index < -0.39 is 0 Å². The number of piperidine rings is 1. The van der Waals surface area contributed by atoms with Crippen molar-refractivity contribution in [2.75, 3.05) is 32.8 Å². The Morgan fingerprint density at radius 1 is 1.28 bits per heavy atom. The molecule has 2 atom stereocenters. The Morgan fingerprint density at radius 3 is 2.44 bits per heavy atom. The van der Waals surface area contributed by atoms with Crippen molar-refractivity contribution >= 4 is 0 Å². The summed E-state index contributed by atoms with van der Waals surface area (Å²) in [5, 5.41) is 12.7. The largest absolute Gasteiger partial charge is 0.396 e. The molecule has 1 rings (SSSR count). The molecule has 0 aliphatic carbocycles. The third-order valence-corrected chi connectivity index (χ3v) is 4.63. The van der Waals surface area contributed by atoms with Crippen molar-refractivity contribution in [3.05, 3.63) is 0 Å². The first-order valence-corrected chi connectivity index (χ1v) is 7.77. The molecule has 0 spiro atoms. The first kappa shape index (κ1) is 15.9. The van der Waals surface area contributed by atoms with Crippen molar-refractivity contribution in [3.63, 3.8) is 0 Å². The summed E-state index contributed by atoms with van der Waals surface area (Å²) in [6.45, 7) is 11.9. The standard InChI is InChI=1S/C15H32N2O/c1-4-14(8-11-18)12-16-13(3)15-6-9-17(5-2)10-7-15/h13-16,18H,4-12H2,1-3H3. The van der Waals surface area contributed by atoms with E-state index in [4.69, 9.17) is 5.11 Å². The molecular weight excluding hydrogens is 224 g/mol. The lowest BCUT2D eigenvalue weighted by molar-refractivity contribution is 0.165. The van der Waals surface area contributed by atoms with Gasteiger partial charge in [0.05, 0.1) is 0 Å². The minimum Gasteiger partial charge on any atom is -0.396 e. The molecule has 0 aromatic rings. The van der Waals surface area contributed by atoms with Crippen molar-refractivity contribution in [3.8, 4) is 0 Å². The van der Waals surface area contributed by atoms with Crippen molar-refractivity contribution in [1.82, 2.24) is 10.2 Å². The van der Waals surface area contributed by atoms with E-state index in [1.165, 1.54) is 32.5 Å². The van der Waals surface area contributed by atoms with E-state index in [0.717, 1.165) is 25.3 Å². The highest BCUT2D eigenvalue weighted by Gasteiger charge is 2.23. The normalized spacial score (nSPS) is 22.0. The van der Waals surface area contributed by atoms with E-state index in [9.17, 15) is 0 Å². The lowest BCUT2D eigenvalue weighted by Gasteiger charge is -2.35. The zero-order valence-corrected chi connectivity index (χ0v) is 12.5. The maximum Gasteiger partial charge on any atom is 0.0434 e. The topological polar surface area (TPSA) is 35.5 Å². The van der Waals surface area contributed by atoms with E-state index in [1.807, 2.05) is 0 Å². The molecule has 3 nitrogen and oxygen atoms in total. The molecule has 1 aliphatic rings. The molecule has 0 amide bonds. The molecule has 1 saturated heterocycles. The Labute approximate surface area is 113 Å². The Hall–Kier alpha value is -0.120. The highest BCUT2D eigenvalue weighted by Crippen LogP contribution is 2.20. The number of hydrogen-bond donors (Lipinski definition) is 2. The predicted octanol–water partition coefficient (Wildman–Crippen LogP) is 2.10. The summed E-state index contributed by atoms with van der Waals surface area (Å²) in [4.78, 5) is 2.55. The smallest absolute Gasteiger partial charge is 0.0434 e. The van der Waals surface area contributed by atoms with Crippen molar-refractivity contribution in [2.24, 2.45) is 11.8 Å². The molecule has 1 heterocycles. The van der Waals surface area contributed by atoms with Gasteiger partial charge in [0.1, 0.15) is 0 Å². The molecular formula is C15H32N2O. The van der Waals surface area contributed by atoms with Gasteiger partial charge in [0.2, 0.25) is 0 Å². The number of aliphatic hydroxyl groups is 1. The van der Waals surface area contributed by atoms with Gasteiger partial charge in [-0.15, -0.1) is 0 Å². The summed E-state index contributed by atoms with van der Waals surface area (Å²) in [5.41, 5.74) is 0. The van der Waals surface area contributed by atoms with Crippen LogP contribution in [0.5, 0.6) is 0 Å². The van der Waals surface area contributed by atoms with Gasteiger partial charge in [0, 0.05) is 12.6 Å². The molecule has 0 bridgehead atoms. The van der Waals surface area contributed by atoms with Crippen LogP contribution in [0.2, 0.25) is 0 Å². The second kappa shape index (κ2) is 8.89. The van der Waals surface area contributed by atoms with Gasteiger partial charge in [-0.1, -0.05) is 20.3 Å². The fourth-order valence-corrected chi connectivity index (χ4v) is 2.92. The molecule has 2 unspecified atom stereocenters. The molecule has 2 N–H and O–H groups in total. The Balaban J connectivity index is 2.22. The minimum atomic E-state index is 0.323. The molecule has 18 heavy (non-hydrogen) atoms. The van der Waals surface area contributed by atoms with Crippen molar-refractivity contribution in [2.45, 2.75) is 52.5 Å². The van der Waals surface area contributed by atoms with Gasteiger partial charge in [-0.05, 0) is 64.2 Å². The van der Waals surface area contributed by atoms with E-state index in [1.54, 1.807) is 0 Å². The molecule has 0 radical (unpaired) electrons. The first-order chi connectivity index (χ1) is 8.71. The van der Waals surface area contributed by atoms with Crippen LogP contribution in [0, 0.1) is 11.8 Å². The minimum absolute atomic E-state index is 0.323. The molecule has 0 aromatic carbocycles. The van der Waals surface area contributed by atoms with Crippen LogP contribution in [0.1, 0.15) is 46.5 Å². The monoisotopic (exact) mass is 256 g/mol. The lowest BCUT2D eigenvalue weighted by Crippen LogP contribution is -2.43. The average Bonchev–Trinajstić information content (AvgIpc) is 2.43. The summed E-state index contributed by atoms with van der Waals surface area (Å²) in [6, 6.07) is 0.622. The average molecular weight is 256 g/mol. The molecule has 1 fully saturated rings. The quantitative estimate of drug-likeness (QED) is 0.698. The summed E-state index contributed by atoms with van der Waals surface area (Å²) in [6.07, 6.45) is 4.76. The second-order valence-electron chi connectivity index (χ2n) is 5.76. The number of aliphatic hydroxyl groups excluding tert-OH is 1. The first-order valence-electron chi connectivity index (χ1n) is 7.77. The summed E-state index contributed by atoms with van der Waals surface area (Å²) < 4.78 is 0. The third kappa shape index (κ3) is 5.25. The number of hydrogen-bond acceptors (Lipinski definition) is 3. The van der Waals surface area contributed by atoms with Gasteiger partial charge in [0.15, 0.2) is 0 Å². The highest BCUT2D eigenvalue weighted by molar-refractivity contribution is 4.79. The van der Waals surface area contributed by atoms with Crippen LogP contribution in [0.15, 0.2) is 0 Å². The maximum absolute atomic E-state index is 9.00. The van der Waals surface area contributed by atoms with Gasteiger partial charge < -0.3 is 15.3 Å². The van der Waals surface area contributed by atoms with E-state index in [0.29, 0.717) is 18.6 Å². The molecule has 0 saturated carbocycles. The van der Waals surface area contributed by atoms with Crippen LogP contribution in [-0.4, -0.2) is 48.8 Å². The van der Waals surface area contributed by atoms with Crippen LogP contribution in [0.3, 0.4) is 0 Å². The molecule has 1 aliphatic heterocycles. The third-order valence-electron chi connectivity index (χ3n) is 4.63. The molecule has 108 valence electrons. The number of nitrogens with one attached hydrogen (secondary N) is 1. The zero-order valence-electron chi connectivity index (χ0n) is 12.5. The van der Waals surface area contributed by atoms with Gasteiger partial charge in [-0.25, -0.2) is 0 Å². The van der Waals surface area contributed by atoms with Crippen molar-refractivity contribution < 1.29 is 5.11 Å². The van der Waals surface area contributed by atoms with Gasteiger partial charge in [-0.3, -0.25) is 0 Å². The fraction of sp³-hybridized carbons (Fsp3) is 1.00. The maximum atomic E-state index is 9.00. The summed E-state index contributed by atoms with van der Waals surface area (Å²) >= 11 is 0. The van der Waals surface area contributed by atoms with Crippen LogP contribution in [-0.2, 0) is 0 Å². The van der Waals surface area contributed by atoms with Crippen LogP contribution >= 0.6 is 0 Å². The summed E-state index contributed by atoms with van der Waals surface area (Å²) in [7, 11) is 0. The Bertz CT molecular complexity index is 203. The zero-order chi connectivity index (χ0) is 13.4. The lowest BCUT2D eigenvalue weighted by atomic mass is 9.90. The second-order valence-corrected chi connectivity index (χ2v) is 5.76. The van der Waals surface area contributed by atoms with Gasteiger partial charge >= 0.3 is 0 Å². The van der Waals surface area contributed by atoms with Crippen molar-refractivity contribution in [1.29, 1.82) is 0 Å². The van der Waals surface area contributed by atoms with E-state index >= 15 is 0 Å². The summed E-state index contributed by atoms with van der Waals surface area (Å²) in [5.74, 6) is 1.47. The Morgan fingerprint density at radius 2 is 1.94 bits per heavy atom. The Kier molecular flexibility index (Phi) is 7.87. The number of nitrogens with zero attached hydrogens (tertiary/aromatic N) is 1. The predicted molar refractivity (Wildman–Crippen MR) is 77.8 cm³/mol. The highest BCUT2D eigenvalue weighted by atomic mass is 16.3. The molecule has 3 heteroatoms. The van der Waals surface area contributed by atoms with E-state index in [2.05, 4.69) is 31.0 Å². The van der Waals surface area contributed by atoms with Crippen LogP contribution in [0.4, 0.5) is 0 Å².